The molecule has 2 aromatic carbocycles. The van der Waals surface area contributed by atoms with E-state index in [1.807, 2.05) is 9.80 Å². The Balaban J connectivity index is 0. The Morgan fingerprint density at radius 3 is 1.25 bits per heavy atom. The number of carboxylic acids is 4. The molecule has 0 bridgehead atoms. The van der Waals surface area contributed by atoms with Gasteiger partial charge in [-0.3, -0.25) is 29.1 Å². The monoisotopic (exact) mass is 1050 g/mol. The molecule has 0 spiro atoms. The molecule has 32 heteroatoms. The minimum atomic E-state index is -1.39. The van der Waals surface area contributed by atoms with Crippen LogP contribution in [0.2, 0.25) is 0 Å². The number of nitrogens with two attached hydrogens (primary N) is 2. The van der Waals surface area contributed by atoms with Crippen LogP contribution in [0.4, 0.5) is 46.3 Å². The van der Waals surface area contributed by atoms with E-state index < -0.39 is 60.6 Å². The predicted octanol–water partition coefficient (Wildman–Crippen LogP) is -7.69. The van der Waals surface area contributed by atoms with E-state index in [9.17, 15) is 48.6 Å². The molecule has 4 heterocycles. The zero-order valence-electron chi connectivity index (χ0n) is 38.7. The largest absolute Gasteiger partial charge is 2.00 e. The standard InChI is InChI=1S/2C20H25N7O6.Ca.5H2O/c2*1-27-12(9-23-16-15(27)18(31)26-20(21)25-16)8-22-11-4-2-10(3-5-11)17(30)24-13(19(32)33)6-7-14(28)29;;;;;;/h2*2-5,12-13,22H,6-9H2,1H3,(H,24,30)(H,28,29)(H,32,33)(H4,21,23,25,26,31);;5*1H2/q;;+2;;;;;/p-2/t2*12?,13-;;;;;;/m00....../s1. The van der Waals surface area contributed by atoms with Crippen molar-refractivity contribution in [2.24, 2.45) is 0 Å². The van der Waals surface area contributed by atoms with Crippen molar-refractivity contribution in [3.8, 4) is 0 Å². The molecular weight excluding hydrogens is 989 g/mol. The molecule has 2 unspecified atom stereocenters. The Hall–Kier alpha value is -7.52. The van der Waals surface area contributed by atoms with Gasteiger partial charge >= 0.3 is 49.7 Å². The summed E-state index contributed by atoms with van der Waals surface area (Å²) in [5.41, 5.74) is 13.1. The second-order valence-corrected chi connectivity index (χ2v) is 15.1. The van der Waals surface area contributed by atoms with Crippen molar-refractivity contribution in [2.75, 3.05) is 82.8 Å². The number of aromatic nitrogens is 4. The number of likely N-dealkylation sites (N-methyl/N-ethyl adjacent to an activating group) is 2. The average Bonchev–Trinajstić information content (AvgIpc) is 3.25. The molecule has 2 aliphatic rings. The second kappa shape index (κ2) is 30.3. The summed E-state index contributed by atoms with van der Waals surface area (Å²) in [6, 6.07) is 9.88. The van der Waals surface area contributed by atoms with Crippen LogP contribution in [0.25, 0.3) is 0 Å². The number of rotatable bonds is 18. The number of carbonyl (C=O) groups is 6. The number of nitrogen functional groups attached to an aromatic ring is 2. The number of aromatic amines is 2. The van der Waals surface area contributed by atoms with Crippen LogP contribution in [0.5, 0.6) is 0 Å². The maximum atomic E-state index is 12.3. The van der Waals surface area contributed by atoms with Crippen molar-refractivity contribution >= 4 is 120 Å². The number of carboxylic acid groups (broad SMARTS) is 4. The summed E-state index contributed by atoms with van der Waals surface area (Å²) >= 11 is 0. The molecule has 0 fully saturated rings. The molecule has 0 saturated carbocycles. The number of anilines is 8. The minimum absolute atomic E-state index is 0. The number of hydrogen-bond donors (Lipinski definition) is 12. The minimum Gasteiger partial charge on any atom is -0.550 e. The van der Waals surface area contributed by atoms with Gasteiger partial charge < -0.3 is 111 Å². The first-order chi connectivity index (χ1) is 31.3. The molecule has 4 aromatic rings. The molecule has 6 rings (SSSR count). The van der Waals surface area contributed by atoms with E-state index in [0.29, 0.717) is 60.6 Å². The Morgan fingerprint density at radius 2 is 0.958 bits per heavy atom. The summed E-state index contributed by atoms with van der Waals surface area (Å²) in [7, 11) is 3.57. The van der Waals surface area contributed by atoms with Crippen molar-refractivity contribution in [3.05, 3.63) is 80.4 Å². The van der Waals surface area contributed by atoms with Crippen LogP contribution in [0.3, 0.4) is 0 Å². The van der Waals surface area contributed by atoms with Crippen molar-refractivity contribution < 1.29 is 76.6 Å². The molecular formula is C40H58CaN14O17. The van der Waals surface area contributed by atoms with E-state index in [1.165, 1.54) is 24.3 Å². The fourth-order valence-electron chi connectivity index (χ4n) is 6.83. The Labute approximate surface area is 437 Å². The van der Waals surface area contributed by atoms with Crippen molar-refractivity contribution in [2.45, 2.75) is 49.9 Å². The van der Waals surface area contributed by atoms with Crippen LogP contribution in [0.15, 0.2) is 58.1 Å². The van der Waals surface area contributed by atoms with Gasteiger partial charge in [-0.1, -0.05) is 0 Å². The van der Waals surface area contributed by atoms with Crippen LogP contribution < -0.4 is 74.5 Å². The molecule has 0 aliphatic carbocycles. The van der Waals surface area contributed by atoms with Gasteiger partial charge in [0.1, 0.15) is 23.5 Å². The van der Waals surface area contributed by atoms with Crippen LogP contribution >= 0.6 is 0 Å². The molecule has 0 saturated heterocycles. The first-order valence-corrected chi connectivity index (χ1v) is 20.2. The summed E-state index contributed by atoms with van der Waals surface area (Å²) in [5, 5.41) is 56.7. The Kier molecular flexibility index (Phi) is 28.0. The van der Waals surface area contributed by atoms with E-state index in [2.05, 4.69) is 51.8 Å². The summed E-state index contributed by atoms with van der Waals surface area (Å²) in [4.78, 5) is 109. The third-order valence-electron chi connectivity index (χ3n) is 10.5. The van der Waals surface area contributed by atoms with Gasteiger partial charge in [-0.25, -0.2) is 9.59 Å². The molecule has 2 aromatic heterocycles. The fourth-order valence-corrected chi connectivity index (χ4v) is 6.83. The molecule has 4 atom stereocenters. The quantitative estimate of drug-likeness (QED) is 0.0412. The van der Waals surface area contributed by atoms with Gasteiger partial charge in [0.25, 0.3) is 22.9 Å². The predicted molar refractivity (Wildman–Crippen MR) is 260 cm³/mol. The molecule has 31 nitrogen and oxygen atoms in total. The number of nitrogens with zero attached hydrogens (tertiary/aromatic N) is 4. The van der Waals surface area contributed by atoms with E-state index in [1.54, 1.807) is 38.4 Å². The van der Waals surface area contributed by atoms with E-state index in [0.717, 1.165) is 0 Å². The van der Waals surface area contributed by atoms with E-state index in [4.69, 9.17) is 21.7 Å². The van der Waals surface area contributed by atoms with E-state index in [-0.39, 0.29) is 124 Å². The smallest absolute Gasteiger partial charge is 0.550 e. The maximum absolute atomic E-state index is 12.3. The van der Waals surface area contributed by atoms with Crippen LogP contribution in [-0.4, -0.2) is 195 Å². The fraction of sp³-hybridized carbons (Fsp3) is 0.350. The Bertz CT molecular complexity index is 2400. The van der Waals surface area contributed by atoms with Crippen LogP contribution in [0.1, 0.15) is 46.4 Å². The molecule has 72 heavy (non-hydrogen) atoms. The number of H-pyrrole nitrogens is 2. The molecule has 0 radical (unpaired) electrons. The van der Waals surface area contributed by atoms with Crippen LogP contribution in [-0.2, 0) is 19.2 Å². The maximum Gasteiger partial charge on any atom is 2.00 e. The SMILES string of the molecule is CN1c2c(nc(N)[nH]c2=O)NCC1CNc1ccc(C(=O)N[C@@H](CCC(=O)[O-])C(=O)O)cc1.CN1c2c(nc(N)[nH]c2=O)NCC1CNc1ccc(C(=O)N[C@@H](CCC(=O)[O-])C(=O)O)cc1.O.O.O.O.O.[Ca+2]. The number of nitrogens with one attached hydrogen (secondary N) is 8. The van der Waals surface area contributed by atoms with Crippen molar-refractivity contribution in [1.29, 1.82) is 0 Å². The third-order valence-corrected chi connectivity index (χ3v) is 10.5. The van der Waals surface area contributed by atoms with Gasteiger partial charge in [0.05, 0.1) is 12.1 Å². The van der Waals surface area contributed by atoms with Gasteiger partial charge in [0.2, 0.25) is 11.9 Å². The first-order valence-electron chi connectivity index (χ1n) is 20.2. The molecule has 2 amide bonds. The first kappa shape index (κ1) is 66.6. The molecule has 24 N–H and O–H groups in total. The zero-order valence-corrected chi connectivity index (χ0v) is 40.9. The summed E-state index contributed by atoms with van der Waals surface area (Å²) in [5.74, 6) is -5.79. The second-order valence-electron chi connectivity index (χ2n) is 15.1. The number of amides is 2. The van der Waals surface area contributed by atoms with Crippen LogP contribution in [0, 0.1) is 0 Å². The third kappa shape index (κ3) is 18.0. The summed E-state index contributed by atoms with van der Waals surface area (Å²) in [6.07, 6.45) is -1.52. The summed E-state index contributed by atoms with van der Waals surface area (Å²) < 4.78 is 0. The number of carbonyl (C=O) groups excluding carboxylic acids is 4. The average molecular weight is 1050 g/mol. The molecule has 392 valence electrons. The number of aliphatic carboxylic acids is 4. The van der Waals surface area contributed by atoms with Crippen molar-refractivity contribution in [1.82, 2.24) is 30.6 Å². The Morgan fingerprint density at radius 1 is 0.639 bits per heavy atom. The zero-order chi connectivity index (χ0) is 48.2. The summed E-state index contributed by atoms with van der Waals surface area (Å²) in [6.45, 7) is 2.00. The van der Waals surface area contributed by atoms with Gasteiger partial charge in [-0.15, -0.1) is 0 Å². The number of hydrogen-bond acceptors (Lipinski definition) is 20. The van der Waals surface area contributed by atoms with Gasteiger partial charge in [-0.2, -0.15) is 9.97 Å². The van der Waals surface area contributed by atoms with E-state index >= 15 is 0 Å². The normalized spacial score (nSPS) is 14.4. The van der Waals surface area contributed by atoms with Crippen molar-refractivity contribution in [3.63, 3.8) is 0 Å². The number of fused-ring (bicyclic) bond motifs is 2. The topological polar surface area (TPSA) is 569 Å². The van der Waals surface area contributed by atoms with Gasteiger partial charge in [-0.05, 0) is 74.2 Å². The number of benzene rings is 2. The molecule has 2 aliphatic heterocycles. The van der Waals surface area contributed by atoms with Gasteiger partial charge in [0.15, 0.2) is 11.6 Å². The van der Waals surface area contributed by atoms with Gasteiger partial charge in [0, 0.05) is 74.7 Å².